The third kappa shape index (κ3) is 4.40. The van der Waals surface area contributed by atoms with Crippen molar-refractivity contribution in [3.8, 4) is 0 Å². The van der Waals surface area contributed by atoms with E-state index in [1.165, 1.54) is 26.4 Å². The fourth-order valence-corrected chi connectivity index (χ4v) is 39.2. The Kier molecular flexibility index (Phi) is 7.67. The Bertz CT molecular complexity index is 1350. The van der Waals surface area contributed by atoms with Gasteiger partial charge in [0.25, 0.3) is 0 Å². The van der Waals surface area contributed by atoms with E-state index < -0.39 is 26.5 Å². The van der Waals surface area contributed by atoms with E-state index in [0.717, 1.165) is 0 Å². The molecule has 0 saturated carbocycles. The first kappa shape index (κ1) is 26.3. The van der Waals surface area contributed by atoms with Crippen LogP contribution in [0.25, 0.3) is 0 Å². The van der Waals surface area contributed by atoms with Crippen LogP contribution in [0, 0.1) is 0 Å². The molecule has 6 aromatic rings. The van der Waals surface area contributed by atoms with Crippen LogP contribution in [0.2, 0.25) is 0 Å². The summed E-state index contributed by atoms with van der Waals surface area (Å²) in [4.78, 5) is 16.5. The zero-order valence-electron chi connectivity index (χ0n) is 22.2. The molecule has 0 bridgehead atoms. The Balaban J connectivity index is 1.82. The standard InChI is InChI=1S/C37H30Ge2O/c40-37(38(31-19-7-1-8-20-31,32-21-9-2-10-22-32)33-23-11-3-12-24-33)39(34-25-13-4-14-26-34,35-27-15-5-16-28-35)36-29-17-6-18-30-36/h1-30H. The van der Waals surface area contributed by atoms with Crippen molar-refractivity contribution < 1.29 is 4.79 Å². The summed E-state index contributed by atoms with van der Waals surface area (Å²) in [6.45, 7) is 0. The van der Waals surface area contributed by atoms with Crippen molar-refractivity contribution in [2.24, 2.45) is 0 Å². The number of rotatable bonds is 8. The van der Waals surface area contributed by atoms with Crippen LogP contribution in [0.15, 0.2) is 182 Å². The summed E-state index contributed by atoms with van der Waals surface area (Å²) in [7, 11) is 0. The van der Waals surface area contributed by atoms with Crippen LogP contribution < -0.4 is 26.4 Å². The predicted octanol–water partition coefficient (Wildman–Crippen LogP) is 4.61. The minimum atomic E-state index is -4.05. The fourth-order valence-electron chi connectivity index (χ4n) is 6.20. The van der Waals surface area contributed by atoms with Gasteiger partial charge in [0.2, 0.25) is 0 Å². The second kappa shape index (κ2) is 11.7. The molecule has 0 aromatic heterocycles. The van der Waals surface area contributed by atoms with Crippen molar-refractivity contribution in [3.63, 3.8) is 0 Å². The summed E-state index contributed by atoms with van der Waals surface area (Å²) in [6.07, 6.45) is 0. The number of benzene rings is 6. The zero-order chi connectivity index (χ0) is 27.3. The maximum absolute atomic E-state index is 16.5. The van der Waals surface area contributed by atoms with Gasteiger partial charge in [-0.1, -0.05) is 0 Å². The Morgan fingerprint density at radius 2 is 0.425 bits per heavy atom. The first-order valence-corrected chi connectivity index (χ1v) is 22.1. The summed E-state index contributed by atoms with van der Waals surface area (Å²) in [6, 6.07) is 63.8. The van der Waals surface area contributed by atoms with Crippen molar-refractivity contribution in [2.45, 2.75) is 0 Å². The molecule has 0 amide bonds. The minimum absolute atomic E-state index is 0.451. The van der Waals surface area contributed by atoms with Crippen LogP contribution in [0.1, 0.15) is 0 Å². The first-order chi connectivity index (χ1) is 19.8. The van der Waals surface area contributed by atoms with E-state index in [1.54, 1.807) is 0 Å². The van der Waals surface area contributed by atoms with Crippen LogP contribution in [0.4, 0.5) is 4.79 Å². The second-order valence-electron chi connectivity index (χ2n) is 10.0. The zero-order valence-corrected chi connectivity index (χ0v) is 26.4. The van der Waals surface area contributed by atoms with Crippen LogP contribution in [-0.2, 0) is 0 Å². The van der Waals surface area contributed by atoms with Crippen molar-refractivity contribution in [1.29, 1.82) is 0 Å². The molecular weight excluding hydrogens is 606 g/mol. The topological polar surface area (TPSA) is 17.1 Å². The van der Waals surface area contributed by atoms with Crippen molar-refractivity contribution in [1.82, 2.24) is 0 Å². The molecule has 0 aliphatic heterocycles. The van der Waals surface area contributed by atoms with Crippen molar-refractivity contribution >= 4 is 56.4 Å². The van der Waals surface area contributed by atoms with Gasteiger partial charge in [-0.05, 0) is 0 Å². The van der Waals surface area contributed by atoms with Gasteiger partial charge in [0.1, 0.15) is 0 Å². The molecule has 0 unspecified atom stereocenters. The molecular formula is C37H30Ge2O. The van der Waals surface area contributed by atoms with E-state index in [9.17, 15) is 0 Å². The maximum atomic E-state index is 16.5. The van der Waals surface area contributed by atoms with Gasteiger partial charge in [-0.2, -0.15) is 0 Å². The summed E-state index contributed by atoms with van der Waals surface area (Å²) < 4.78 is 7.47. The predicted molar refractivity (Wildman–Crippen MR) is 173 cm³/mol. The van der Waals surface area contributed by atoms with Gasteiger partial charge in [-0.15, -0.1) is 0 Å². The monoisotopic (exact) mass is 638 g/mol. The van der Waals surface area contributed by atoms with Gasteiger partial charge >= 0.3 is 243 Å². The summed E-state index contributed by atoms with van der Waals surface area (Å²) in [5.74, 6) is 0. The number of hydrogen-bond donors (Lipinski definition) is 0. The Morgan fingerprint density at radius 1 is 0.275 bits per heavy atom. The average molecular weight is 636 g/mol. The van der Waals surface area contributed by atoms with Gasteiger partial charge < -0.3 is 0 Å². The molecule has 0 fully saturated rings. The van der Waals surface area contributed by atoms with Crippen LogP contribution in [0.3, 0.4) is 0 Å². The van der Waals surface area contributed by atoms with Crippen LogP contribution in [0.5, 0.6) is 0 Å². The van der Waals surface area contributed by atoms with E-state index in [2.05, 4.69) is 182 Å². The molecule has 0 atom stereocenters. The number of hydrogen-bond acceptors (Lipinski definition) is 1. The molecule has 0 aliphatic rings. The van der Waals surface area contributed by atoms with E-state index in [4.69, 9.17) is 0 Å². The third-order valence-electron chi connectivity index (χ3n) is 7.92. The quantitative estimate of drug-likeness (QED) is 0.224. The van der Waals surface area contributed by atoms with E-state index in [0.29, 0.717) is 3.45 Å². The molecule has 3 heteroatoms. The normalized spacial score (nSPS) is 11.6. The second-order valence-corrected chi connectivity index (χ2v) is 27.7. The Hall–Kier alpha value is -3.92. The third-order valence-corrected chi connectivity index (χ3v) is 34.1. The summed E-state index contributed by atoms with van der Waals surface area (Å²) in [5.41, 5.74) is 0. The van der Waals surface area contributed by atoms with E-state index >= 15 is 4.79 Å². The van der Waals surface area contributed by atoms with Gasteiger partial charge in [0.15, 0.2) is 0 Å². The molecule has 6 rings (SSSR count). The fraction of sp³-hybridized carbons (Fsp3) is 0. The molecule has 0 heterocycles. The van der Waals surface area contributed by atoms with E-state index in [1.807, 2.05) is 0 Å². The summed E-state index contributed by atoms with van der Waals surface area (Å²) in [5, 5.41) is 0. The molecule has 0 N–H and O–H groups in total. The molecule has 192 valence electrons. The van der Waals surface area contributed by atoms with Crippen LogP contribution >= 0.6 is 0 Å². The Morgan fingerprint density at radius 3 is 0.575 bits per heavy atom. The van der Waals surface area contributed by atoms with Gasteiger partial charge in [-0.25, -0.2) is 0 Å². The van der Waals surface area contributed by atoms with Gasteiger partial charge in [0, 0.05) is 0 Å². The van der Waals surface area contributed by atoms with E-state index in [-0.39, 0.29) is 0 Å². The number of carbonyl (C=O) groups is 1. The molecule has 40 heavy (non-hydrogen) atoms. The molecule has 0 spiro atoms. The average Bonchev–Trinajstić information content (AvgIpc) is 3.05. The van der Waals surface area contributed by atoms with Crippen molar-refractivity contribution in [3.05, 3.63) is 182 Å². The van der Waals surface area contributed by atoms with Gasteiger partial charge in [-0.3, -0.25) is 0 Å². The molecule has 6 aromatic carbocycles. The SMILES string of the molecule is O=[C]([Ge]([c]1ccccc1)([c]1ccccc1)[c]1ccccc1)[Ge]([c]1ccccc1)([c]1ccccc1)[c]1ccccc1. The molecule has 0 radical (unpaired) electrons. The molecule has 0 saturated heterocycles. The molecule has 0 aliphatic carbocycles. The van der Waals surface area contributed by atoms with Crippen LogP contribution in [-0.4, -0.2) is 30.0 Å². The first-order valence-electron chi connectivity index (χ1n) is 13.7. The van der Waals surface area contributed by atoms with Crippen molar-refractivity contribution in [2.75, 3.05) is 0 Å². The Labute approximate surface area is 241 Å². The van der Waals surface area contributed by atoms with Gasteiger partial charge in [0.05, 0.1) is 0 Å². The summed E-state index contributed by atoms with van der Waals surface area (Å²) >= 11 is -8.10. The number of carbonyl (C=O) groups excluding carboxylic acids is 1. The molecule has 1 nitrogen and oxygen atoms in total.